The molecule has 0 saturated carbocycles. The summed E-state index contributed by atoms with van der Waals surface area (Å²) in [5.41, 5.74) is 3.50. The van der Waals surface area contributed by atoms with Crippen LogP contribution in [0.2, 0.25) is 0 Å². The molecule has 0 fully saturated rings. The van der Waals surface area contributed by atoms with Gasteiger partial charge in [0.2, 0.25) is 11.8 Å². The molecular weight excluding hydrogens is 288 g/mol. The van der Waals surface area contributed by atoms with Gasteiger partial charge in [0.15, 0.2) is 11.5 Å². The van der Waals surface area contributed by atoms with E-state index >= 15 is 0 Å². The van der Waals surface area contributed by atoms with Crippen molar-refractivity contribution in [2.75, 3.05) is 31.5 Å². The molecule has 8 nitrogen and oxygen atoms in total. The topological polar surface area (TPSA) is 106 Å². The average Bonchev–Trinajstić information content (AvgIpc) is 2.55. The molecule has 0 aromatic heterocycles. The smallest absolute Gasteiger partial charge is 0.249 e. The summed E-state index contributed by atoms with van der Waals surface area (Å²) in [6.45, 7) is 0. The number of nitrogens with one attached hydrogen (secondary N) is 2. The van der Waals surface area contributed by atoms with Crippen LogP contribution in [-0.2, 0) is 9.59 Å². The van der Waals surface area contributed by atoms with Crippen LogP contribution in [0.5, 0.6) is 11.5 Å². The van der Waals surface area contributed by atoms with E-state index in [1.54, 1.807) is 31.2 Å². The number of carbonyl (C=O) groups is 2. The van der Waals surface area contributed by atoms with Gasteiger partial charge in [-0.3, -0.25) is 15.0 Å². The number of fused-ring (bicyclic) bond motifs is 1. The molecule has 1 aromatic carbocycles. The quantitative estimate of drug-likeness (QED) is 0.408. The van der Waals surface area contributed by atoms with Gasteiger partial charge in [-0.2, -0.15) is 0 Å². The zero-order valence-electron chi connectivity index (χ0n) is 12.8. The highest BCUT2D eigenvalue weighted by Crippen LogP contribution is 2.40. The second-order valence-electron chi connectivity index (χ2n) is 4.92. The lowest BCUT2D eigenvalue weighted by Gasteiger charge is -2.33. The summed E-state index contributed by atoms with van der Waals surface area (Å²) in [6.07, 6.45) is 0.510. The fourth-order valence-electron chi connectivity index (χ4n) is 2.41. The Morgan fingerprint density at radius 2 is 2.00 bits per heavy atom. The maximum absolute atomic E-state index is 12.4. The molecule has 1 heterocycles. The molecule has 0 bridgehead atoms. The van der Waals surface area contributed by atoms with Gasteiger partial charge in [-0.15, -0.1) is 0 Å². The highest BCUT2D eigenvalue weighted by atomic mass is 16.5. The number of benzene rings is 1. The van der Waals surface area contributed by atoms with Crippen LogP contribution >= 0.6 is 0 Å². The molecule has 4 N–H and O–H groups in total. The van der Waals surface area contributed by atoms with Gasteiger partial charge in [0.05, 0.1) is 25.6 Å². The molecule has 1 aliphatic rings. The Bertz CT molecular complexity index is 590. The van der Waals surface area contributed by atoms with Crippen LogP contribution in [0.1, 0.15) is 12.8 Å². The van der Waals surface area contributed by atoms with Gasteiger partial charge < -0.3 is 19.7 Å². The molecule has 1 atom stereocenters. The molecule has 22 heavy (non-hydrogen) atoms. The van der Waals surface area contributed by atoms with Crippen molar-refractivity contribution in [2.24, 2.45) is 5.84 Å². The van der Waals surface area contributed by atoms with Crippen molar-refractivity contribution < 1.29 is 19.1 Å². The van der Waals surface area contributed by atoms with Gasteiger partial charge in [-0.1, -0.05) is 0 Å². The number of nitrogens with zero attached hydrogens (tertiary/aromatic N) is 1. The molecule has 0 saturated heterocycles. The first-order valence-corrected chi connectivity index (χ1v) is 6.81. The van der Waals surface area contributed by atoms with Crippen LogP contribution in [0, 0.1) is 0 Å². The summed E-state index contributed by atoms with van der Waals surface area (Å²) >= 11 is 0. The monoisotopic (exact) mass is 308 g/mol. The van der Waals surface area contributed by atoms with Crippen molar-refractivity contribution in [3.05, 3.63) is 12.1 Å². The molecular formula is C14H20N4O4. The van der Waals surface area contributed by atoms with Crippen molar-refractivity contribution in [1.29, 1.82) is 0 Å². The van der Waals surface area contributed by atoms with Gasteiger partial charge >= 0.3 is 0 Å². The fraction of sp³-hybridized carbons (Fsp3) is 0.429. The predicted octanol–water partition coefficient (Wildman–Crippen LogP) is 0.231. The van der Waals surface area contributed by atoms with Gasteiger partial charge in [-0.05, 0) is 6.42 Å². The summed E-state index contributed by atoms with van der Waals surface area (Å²) in [4.78, 5) is 25.2. The van der Waals surface area contributed by atoms with Gasteiger partial charge in [0.1, 0.15) is 6.04 Å². The standard InChI is InChI=1S/C14H20N4O4/c1-18-10-7-12(22-3)11(21-2)6-9(10)16-8(14(18)20)4-5-13(19)17-15/h6-8,16H,4-5,15H2,1-3H3,(H,17,19). The highest BCUT2D eigenvalue weighted by Gasteiger charge is 2.31. The number of hydrogen-bond acceptors (Lipinski definition) is 6. The molecule has 1 aromatic rings. The average molecular weight is 308 g/mol. The van der Waals surface area contributed by atoms with E-state index < -0.39 is 6.04 Å². The van der Waals surface area contributed by atoms with E-state index in [9.17, 15) is 9.59 Å². The van der Waals surface area contributed by atoms with Gasteiger partial charge in [-0.25, -0.2) is 5.84 Å². The van der Waals surface area contributed by atoms with E-state index in [2.05, 4.69) is 10.7 Å². The number of methoxy groups -OCH3 is 2. The summed E-state index contributed by atoms with van der Waals surface area (Å²) in [5, 5.41) is 3.14. The molecule has 2 rings (SSSR count). The molecule has 120 valence electrons. The van der Waals surface area contributed by atoms with Crippen LogP contribution < -0.4 is 31.0 Å². The lowest BCUT2D eigenvalue weighted by atomic mass is 10.0. The third-order valence-corrected chi connectivity index (χ3v) is 3.64. The zero-order valence-corrected chi connectivity index (χ0v) is 12.8. The molecule has 0 radical (unpaired) electrons. The van der Waals surface area contributed by atoms with Crippen molar-refractivity contribution in [3.8, 4) is 11.5 Å². The first-order chi connectivity index (χ1) is 10.5. The maximum Gasteiger partial charge on any atom is 0.249 e. The Labute approximate surface area is 128 Å². The van der Waals surface area contributed by atoms with Gasteiger partial charge in [0.25, 0.3) is 0 Å². The number of likely N-dealkylation sites (N-methyl/N-ethyl adjacent to an activating group) is 1. The highest BCUT2D eigenvalue weighted by molar-refractivity contribution is 6.05. The molecule has 1 unspecified atom stereocenters. The summed E-state index contributed by atoms with van der Waals surface area (Å²) < 4.78 is 10.5. The van der Waals surface area contributed by atoms with Crippen molar-refractivity contribution in [2.45, 2.75) is 18.9 Å². The summed E-state index contributed by atoms with van der Waals surface area (Å²) in [5.74, 6) is 5.73. The van der Waals surface area contributed by atoms with E-state index in [0.717, 1.165) is 5.69 Å². The van der Waals surface area contributed by atoms with E-state index in [4.69, 9.17) is 15.3 Å². The van der Waals surface area contributed by atoms with Crippen molar-refractivity contribution >= 4 is 23.2 Å². The molecule has 2 amide bonds. The first-order valence-electron chi connectivity index (χ1n) is 6.81. The van der Waals surface area contributed by atoms with Gasteiger partial charge in [0, 0.05) is 25.6 Å². The number of anilines is 2. The Hall–Kier alpha value is -2.48. The minimum atomic E-state index is -0.493. The Morgan fingerprint density at radius 1 is 1.36 bits per heavy atom. The van der Waals surface area contributed by atoms with Crippen molar-refractivity contribution in [3.63, 3.8) is 0 Å². The number of rotatable bonds is 5. The number of hydrogen-bond donors (Lipinski definition) is 3. The lowest BCUT2D eigenvalue weighted by Crippen LogP contribution is -2.45. The lowest BCUT2D eigenvalue weighted by molar-refractivity contribution is -0.122. The van der Waals surface area contributed by atoms with E-state index in [1.165, 1.54) is 7.11 Å². The third-order valence-electron chi connectivity index (χ3n) is 3.64. The van der Waals surface area contributed by atoms with E-state index in [0.29, 0.717) is 23.6 Å². The number of amides is 2. The predicted molar refractivity (Wildman–Crippen MR) is 81.9 cm³/mol. The van der Waals surface area contributed by atoms with E-state index in [1.807, 2.05) is 0 Å². The minimum absolute atomic E-state index is 0.121. The van der Waals surface area contributed by atoms with Crippen LogP contribution in [0.25, 0.3) is 0 Å². The normalized spacial score (nSPS) is 16.6. The number of hydrazine groups is 1. The Balaban J connectivity index is 2.27. The van der Waals surface area contributed by atoms with E-state index in [-0.39, 0.29) is 18.2 Å². The van der Waals surface area contributed by atoms with Crippen LogP contribution in [-0.4, -0.2) is 39.1 Å². The SMILES string of the molecule is COc1cc2c(cc1OC)N(C)C(=O)C(CCC(=O)NN)N2. The second kappa shape index (κ2) is 6.52. The molecule has 8 heteroatoms. The maximum atomic E-state index is 12.4. The zero-order chi connectivity index (χ0) is 16.3. The van der Waals surface area contributed by atoms with Crippen LogP contribution in [0.4, 0.5) is 11.4 Å². The van der Waals surface area contributed by atoms with Crippen LogP contribution in [0.15, 0.2) is 12.1 Å². The Kier molecular flexibility index (Phi) is 4.71. The molecule has 0 aliphatic carbocycles. The minimum Gasteiger partial charge on any atom is -0.493 e. The second-order valence-corrected chi connectivity index (χ2v) is 4.92. The first kappa shape index (κ1) is 15.9. The molecule has 0 spiro atoms. The fourth-order valence-corrected chi connectivity index (χ4v) is 2.41. The largest absolute Gasteiger partial charge is 0.493 e. The van der Waals surface area contributed by atoms with Crippen molar-refractivity contribution in [1.82, 2.24) is 5.43 Å². The number of carbonyl (C=O) groups excluding carboxylic acids is 2. The molecule has 1 aliphatic heterocycles. The third kappa shape index (κ3) is 2.91. The van der Waals surface area contributed by atoms with Crippen LogP contribution in [0.3, 0.4) is 0 Å². The summed E-state index contributed by atoms with van der Waals surface area (Å²) in [7, 11) is 4.77. The summed E-state index contributed by atoms with van der Waals surface area (Å²) in [6, 6.07) is 3.02. The Morgan fingerprint density at radius 3 is 2.59 bits per heavy atom. The number of nitrogens with two attached hydrogens (primary N) is 1. The number of ether oxygens (including phenoxy) is 2.